The molecule has 1 saturated carbocycles. The largest absolute Gasteiger partial charge is 0.322 e. The lowest BCUT2D eigenvalue weighted by atomic mass is 10.3. The van der Waals surface area contributed by atoms with E-state index in [0.717, 1.165) is 29.1 Å². The van der Waals surface area contributed by atoms with E-state index in [1.807, 2.05) is 6.92 Å². The molecule has 1 aromatic heterocycles. The fraction of sp³-hybridized carbons (Fsp3) is 0.750. The number of thiazole rings is 1. The first-order valence-electron chi connectivity index (χ1n) is 5.94. The van der Waals surface area contributed by atoms with Crippen LogP contribution in [0, 0.1) is 11.8 Å². The minimum absolute atomic E-state index is 0.0625. The zero-order chi connectivity index (χ0) is 11.7. The number of aromatic nitrogens is 1. The normalized spacial score (nSPS) is 26.1. The summed E-state index contributed by atoms with van der Waals surface area (Å²) in [6.45, 7) is 6.46. The van der Waals surface area contributed by atoms with Crippen molar-refractivity contribution >= 4 is 11.3 Å². The quantitative estimate of drug-likeness (QED) is 0.857. The van der Waals surface area contributed by atoms with Crippen molar-refractivity contribution in [3.05, 3.63) is 16.1 Å². The van der Waals surface area contributed by atoms with Crippen LogP contribution in [0.5, 0.6) is 0 Å². The second kappa shape index (κ2) is 4.82. The van der Waals surface area contributed by atoms with E-state index in [9.17, 15) is 0 Å². The monoisotopic (exact) mass is 239 g/mol. The highest BCUT2D eigenvalue weighted by atomic mass is 32.1. The number of hydrogen-bond acceptors (Lipinski definition) is 4. The number of rotatable bonds is 5. The van der Waals surface area contributed by atoms with E-state index in [4.69, 9.17) is 5.73 Å². The summed E-state index contributed by atoms with van der Waals surface area (Å²) in [6.07, 6.45) is 1.40. The molecule has 2 rings (SSSR count). The van der Waals surface area contributed by atoms with Crippen LogP contribution in [0.2, 0.25) is 0 Å². The molecular weight excluding hydrogens is 218 g/mol. The van der Waals surface area contributed by atoms with Gasteiger partial charge in [0.15, 0.2) is 0 Å². The zero-order valence-corrected chi connectivity index (χ0v) is 11.1. The van der Waals surface area contributed by atoms with Crippen LogP contribution in [0.1, 0.15) is 37.0 Å². The summed E-state index contributed by atoms with van der Waals surface area (Å²) in [4.78, 5) is 6.92. The molecule has 1 aliphatic rings. The van der Waals surface area contributed by atoms with Crippen molar-refractivity contribution in [1.29, 1.82) is 0 Å². The van der Waals surface area contributed by atoms with Crippen LogP contribution in [-0.4, -0.2) is 23.5 Å². The first-order valence-corrected chi connectivity index (χ1v) is 6.82. The summed E-state index contributed by atoms with van der Waals surface area (Å²) >= 11 is 1.67. The van der Waals surface area contributed by atoms with E-state index >= 15 is 0 Å². The minimum atomic E-state index is 0.0625. The smallest absolute Gasteiger partial charge is 0.109 e. The SMILES string of the molecule is CC(N)c1nc(CN(C)CC2CC2C)cs1. The van der Waals surface area contributed by atoms with Gasteiger partial charge >= 0.3 is 0 Å². The fourth-order valence-corrected chi connectivity index (χ4v) is 2.77. The molecule has 3 atom stereocenters. The number of hydrogen-bond donors (Lipinski definition) is 1. The molecule has 1 aliphatic carbocycles. The highest BCUT2D eigenvalue weighted by Crippen LogP contribution is 2.38. The Kier molecular flexibility index (Phi) is 3.62. The van der Waals surface area contributed by atoms with E-state index in [0.29, 0.717) is 0 Å². The van der Waals surface area contributed by atoms with Crippen molar-refractivity contribution < 1.29 is 0 Å². The van der Waals surface area contributed by atoms with Crippen LogP contribution in [0.25, 0.3) is 0 Å². The van der Waals surface area contributed by atoms with Crippen molar-refractivity contribution in [2.45, 2.75) is 32.9 Å². The molecule has 3 nitrogen and oxygen atoms in total. The molecule has 0 aliphatic heterocycles. The zero-order valence-electron chi connectivity index (χ0n) is 10.3. The van der Waals surface area contributed by atoms with E-state index in [1.165, 1.54) is 13.0 Å². The Morgan fingerprint density at radius 1 is 1.69 bits per heavy atom. The van der Waals surface area contributed by atoms with Gasteiger partial charge in [-0.15, -0.1) is 11.3 Å². The topological polar surface area (TPSA) is 42.1 Å². The van der Waals surface area contributed by atoms with Crippen LogP contribution in [-0.2, 0) is 6.54 Å². The van der Waals surface area contributed by atoms with Crippen LogP contribution >= 0.6 is 11.3 Å². The third-order valence-corrected chi connectivity index (χ3v) is 4.31. The van der Waals surface area contributed by atoms with Gasteiger partial charge in [0, 0.05) is 18.5 Å². The molecule has 1 heterocycles. The molecule has 4 heteroatoms. The summed E-state index contributed by atoms with van der Waals surface area (Å²) < 4.78 is 0. The van der Waals surface area contributed by atoms with Gasteiger partial charge in [0.05, 0.1) is 11.7 Å². The van der Waals surface area contributed by atoms with Crippen molar-refractivity contribution in [3.8, 4) is 0 Å². The molecule has 0 spiro atoms. The maximum absolute atomic E-state index is 5.80. The van der Waals surface area contributed by atoms with Crippen LogP contribution < -0.4 is 5.73 Å². The van der Waals surface area contributed by atoms with Gasteiger partial charge < -0.3 is 10.6 Å². The lowest BCUT2D eigenvalue weighted by molar-refractivity contribution is 0.304. The second-order valence-corrected chi connectivity index (χ2v) is 6.03. The van der Waals surface area contributed by atoms with Gasteiger partial charge in [-0.2, -0.15) is 0 Å². The highest BCUT2D eigenvalue weighted by molar-refractivity contribution is 7.09. The molecule has 2 N–H and O–H groups in total. The van der Waals surface area contributed by atoms with Gasteiger partial charge in [-0.3, -0.25) is 0 Å². The summed E-state index contributed by atoms with van der Waals surface area (Å²) in [5.41, 5.74) is 6.96. The Labute approximate surface area is 102 Å². The van der Waals surface area contributed by atoms with Gasteiger partial charge in [-0.25, -0.2) is 4.98 Å². The van der Waals surface area contributed by atoms with Crippen molar-refractivity contribution in [3.63, 3.8) is 0 Å². The van der Waals surface area contributed by atoms with E-state index in [-0.39, 0.29) is 6.04 Å². The Morgan fingerprint density at radius 2 is 2.38 bits per heavy atom. The molecular formula is C12H21N3S. The summed E-state index contributed by atoms with van der Waals surface area (Å²) in [5.74, 6) is 1.84. The van der Waals surface area contributed by atoms with E-state index < -0.39 is 0 Å². The van der Waals surface area contributed by atoms with Crippen LogP contribution in [0.3, 0.4) is 0 Å². The van der Waals surface area contributed by atoms with E-state index in [2.05, 4.69) is 29.2 Å². The molecule has 0 amide bonds. The Hall–Kier alpha value is -0.450. The van der Waals surface area contributed by atoms with Crippen molar-refractivity contribution in [1.82, 2.24) is 9.88 Å². The average Bonchev–Trinajstić information content (AvgIpc) is 2.72. The highest BCUT2D eigenvalue weighted by Gasteiger charge is 2.33. The molecule has 1 aromatic rings. The number of nitrogens with two attached hydrogens (primary N) is 1. The maximum Gasteiger partial charge on any atom is 0.109 e. The summed E-state index contributed by atoms with van der Waals surface area (Å²) in [7, 11) is 2.18. The van der Waals surface area contributed by atoms with Gasteiger partial charge in [-0.05, 0) is 32.2 Å². The van der Waals surface area contributed by atoms with Crippen molar-refractivity contribution in [2.75, 3.05) is 13.6 Å². The maximum atomic E-state index is 5.80. The molecule has 0 saturated heterocycles. The standard InChI is InChI=1S/C12H21N3S/c1-8-4-10(8)5-15(3)6-11-7-16-12(14-11)9(2)13/h7-10H,4-6,13H2,1-3H3. The molecule has 0 aromatic carbocycles. The van der Waals surface area contributed by atoms with Gasteiger partial charge in [0.2, 0.25) is 0 Å². The van der Waals surface area contributed by atoms with Gasteiger partial charge in [-0.1, -0.05) is 6.92 Å². The Morgan fingerprint density at radius 3 is 2.88 bits per heavy atom. The van der Waals surface area contributed by atoms with Gasteiger partial charge in [0.25, 0.3) is 0 Å². The third-order valence-electron chi connectivity index (χ3n) is 3.21. The molecule has 16 heavy (non-hydrogen) atoms. The molecule has 1 fully saturated rings. The first kappa shape index (κ1) is 12.0. The predicted octanol–water partition coefficient (Wildman–Crippen LogP) is 2.25. The van der Waals surface area contributed by atoms with Gasteiger partial charge in [0.1, 0.15) is 5.01 Å². The first-order chi connectivity index (χ1) is 7.56. The van der Waals surface area contributed by atoms with Crippen LogP contribution in [0.4, 0.5) is 0 Å². The lowest BCUT2D eigenvalue weighted by Crippen LogP contribution is -2.21. The Bertz CT molecular complexity index is 348. The second-order valence-electron chi connectivity index (χ2n) is 5.14. The van der Waals surface area contributed by atoms with Crippen LogP contribution in [0.15, 0.2) is 5.38 Å². The summed E-state index contributed by atoms with van der Waals surface area (Å²) in [6, 6.07) is 0.0625. The third kappa shape index (κ3) is 3.03. The molecule has 3 unspecified atom stereocenters. The van der Waals surface area contributed by atoms with Crippen molar-refractivity contribution in [2.24, 2.45) is 17.6 Å². The molecule has 90 valence electrons. The molecule has 0 bridgehead atoms. The number of nitrogens with zero attached hydrogens (tertiary/aromatic N) is 2. The minimum Gasteiger partial charge on any atom is -0.322 e. The summed E-state index contributed by atoms with van der Waals surface area (Å²) in [5, 5.41) is 3.18. The Balaban J connectivity index is 1.83. The fourth-order valence-electron chi connectivity index (χ4n) is 2.00. The average molecular weight is 239 g/mol. The van der Waals surface area contributed by atoms with E-state index in [1.54, 1.807) is 11.3 Å². The lowest BCUT2D eigenvalue weighted by Gasteiger charge is -2.14. The molecule has 0 radical (unpaired) electrons. The predicted molar refractivity (Wildman–Crippen MR) is 68.3 cm³/mol.